The van der Waals surface area contributed by atoms with Crippen LogP contribution in [0.2, 0.25) is 0 Å². The highest BCUT2D eigenvalue weighted by Gasteiger charge is 2.20. The molecule has 0 aliphatic carbocycles. The topological polar surface area (TPSA) is 60.2 Å². The minimum absolute atomic E-state index is 0.00294. The first-order valence-corrected chi connectivity index (χ1v) is 11.1. The molecule has 1 fully saturated rings. The molecule has 1 amide bonds. The smallest absolute Gasteiger partial charge is 0.260 e. The summed E-state index contributed by atoms with van der Waals surface area (Å²) < 4.78 is 7.72. The predicted octanol–water partition coefficient (Wildman–Crippen LogP) is 4.79. The molecule has 2 aromatic carbocycles. The number of benzene rings is 2. The number of aryl methyl sites for hydroxylation is 1. The van der Waals surface area contributed by atoms with Gasteiger partial charge in [-0.15, -0.1) is 0 Å². The van der Waals surface area contributed by atoms with Crippen LogP contribution in [-0.4, -0.2) is 45.3 Å². The number of hydrogen-bond acceptors (Lipinski definition) is 4. The Hall–Kier alpha value is -3.67. The number of hydrogen-bond donors (Lipinski definition) is 0. The molecular formula is C26H26N4O2. The second-order valence-corrected chi connectivity index (χ2v) is 8.17. The zero-order chi connectivity index (χ0) is 21.9. The first kappa shape index (κ1) is 20.2. The molecule has 0 radical (unpaired) electrons. The molecule has 0 spiro atoms. The van der Waals surface area contributed by atoms with Gasteiger partial charge in [-0.2, -0.15) is 10.1 Å². The van der Waals surface area contributed by atoms with Gasteiger partial charge in [0.05, 0.1) is 11.1 Å². The third kappa shape index (κ3) is 3.96. The molecule has 0 unspecified atom stereocenters. The number of rotatable bonds is 5. The fourth-order valence-corrected chi connectivity index (χ4v) is 4.26. The van der Waals surface area contributed by atoms with Crippen molar-refractivity contribution in [3.05, 3.63) is 72.3 Å². The average Bonchev–Trinajstić information content (AvgIpc) is 3.24. The summed E-state index contributed by atoms with van der Waals surface area (Å²) in [6.45, 7) is 3.67. The molecular weight excluding hydrogens is 400 g/mol. The minimum Gasteiger partial charge on any atom is -0.467 e. The highest BCUT2D eigenvalue weighted by Crippen LogP contribution is 2.33. The van der Waals surface area contributed by atoms with E-state index in [4.69, 9.17) is 14.8 Å². The molecule has 0 atom stereocenters. The van der Waals surface area contributed by atoms with E-state index in [2.05, 4.69) is 12.1 Å². The van der Waals surface area contributed by atoms with Gasteiger partial charge in [0.2, 0.25) is 5.88 Å². The summed E-state index contributed by atoms with van der Waals surface area (Å²) in [6, 6.07) is 22.0. The maximum atomic E-state index is 12.6. The lowest BCUT2D eigenvalue weighted by Gasteiger charge is -2.26. The molecule has 1 aliphatic rings. The maximum Gasteiger partial charge on any atom is 0.260 e. The number of carbonyl (C=O) groups is 1. The van der Waals surface area contributed by atoms with Crippen molar-refractivity contribution in [2.24, 2.45) is 0 Å². The van der Waals surface area contributed by atoms with E-state index in [-0.39, 0.29) is 12.5 Å². The molecule has 1 saturated heterocycles. The lowest BCUT2D eigenvalue weighted by Crippen LogP contribution is -2.38. The average molecular weight is 427 g/mol. The van der Waals surface area contributed by atoms with E-state index in [1.54, 1.807) is 0 Å². The number of aromatic nitrogens is 3. The highest BCUT2D eigenvalue weighted by molar-refractivity contribution is 5.95. The molecule has 6 heteroatoms. The zero-order valence-corrected chi connectivity index (χ0v) is 18.2. The number of para-hydroxylation sites is 1. The van der Waals surface area contributed by atoms with Gasteiger partial charge in [-0.3, -0.25) is 4.79 Å². The fourth-order valence-electron chi connectivity index (χ4n) is 4.26. The van der Waals surface area contributed by atoms with Crippen molar-refractivity contribution in [1.82, 2.24) is 19.7 Å². The third-order valence-electron chi connectivity index (χ3n) is 5.91. The molecule has 6 nitrogen and oxygen atoms in total. The minimum atomic E-state index is 0.00294. The molecule has 4 aromatic rings. The van der Waals surface area contributed by atoms with Crippen molar-refractivity contribution in [3.63, 3.8) is 0 Å². The first-order chi connectivity index (χ1) is 15.7. The Bertz CT molecular complexity index is 1230. The SMILES string of the molecule is Cc1cc(OCC(=O)N2CCCCC2)nc2c1c(-c1ccccc1)nn2-c1ccccc1. The van der Waals surface area contributed by atoms with Crippen molar-refractivity contribution in [1.29, 1.82) is 0 Å². The second kappa shape index (κ2) is 8.83. The van der Waals surface area contributed by atoms with Crippen LogP contribution >= 0.6 is 0 Å². The van der Waals surface area contributed by atoms with Crippen LogP contribution in [0.1, 0.15) is 24.8 Å². The third-order valence-corrected chi connectivity index (χ3v) is 5.91. The molecule has 0 N–H and O–H groups in total. The molecule has 0 bridgehead atoms. The summed E-state index contributed by atoms with van der Waals surface area (Å²) in [5, 5.41) is 5.91. The lowest BCUT2D eigenvalue weighted by atomic mass is 10.1. The summed E-state index contributed by atoms with van der Waals surface area (Å²) in [4.78, 5) is 19.2. The summed E-state index contributed by atoms with van der Waals surface area (Å²) in [5.41, 5.74) is 4.57. The number of fused-ring (bicyclic) bond motifs is 1. The van der Waals surface area contributed by atoms with Crippen molar-refractivity contribution in [2.45, 2.75) is 26.2 Å². The normalized spacial score (nSPS) is 14.0. The van der Waals surface area contributed by atoms with Gasteiger partial charge in [0.15, 0.2) is 12.3 Å². The molecule has 3 heterocycles. The van der Waals surface area contributed by atoms with Crippen LogP contribution in [0.3, 0.4) is 0 Å². The highest BCUT2D eigenvalue weighted by atomic mass is 16.5. The fraction of sp³-hybridized carbons (Fsp3) is 0.269. The van der Waals surface area contributed by atoms with E-state index in [0.29, 0.717) is 5.88 Å². The Labute approximate surface area is 187 Å². The van der Waals surface area contributed by atoms with Crippen LogP contribution in [0, 0.1) is 6.92 Å². The Morgan fingerprint density at radius 1 is 0.969 bits per heavy atom. The van der Waals surface area contributed by atoms with Crippen molar-refractivity contribution in [3.8, 4) is 22.8 Å². The van der Waals surface area contributed by atoms with Crippen molar-refractivity contribution >= 4 is 16.9 Å². The molecule has 5 rings (SSSR count). The molecule has 0 saturated carbocycles. The molecule has 32 heavy (non-hydrogen) atoms. The predicted molar refractivity (Wildman–Crippen MR) is 125 cm³/mol. The van der Waals surface area contributed by atoms with E-state index in [0.717, 1.165) is 59.5 Å². The van der Waals surface area contributed by atoms with E-state index in [9.17, 15) is 4.79 Å². The number of amides is 1. The second-order valence-electron chi connectivity index (χ2n) is 8.17. The van der Waals surface area contributed by atoms with Gasteiger partial charge in [-0.05, 0) is 43.9 Å². The summed E-state index contributed by atoms with van der Waals surface area (Å²) >= 11 is 0. The number of ether oxygens (including phenoxy) is 1. The van der Waals surface area contributed by atoms with Gasteiger partial charge in [-0.25, -0.2) is 4.68 Å². The van der Waals surface area contributed by atoms with Gasteiger partial charge in [0.25, 0.3) is 5.91 Å². The van der Waals surface area contributed by atoms with Crippen LogP contribution in [-0.2, 0) is 4.79 Å². The molecule has 162 valence electrons. The lowest BCUT2D eigenvalue weighted by molar-refractivity contribution is -0.134. The Morgan fingerprint density at radius 2 is 1.66 bits per heavy atom. The van der Waals surface area contributed by atoms with Gasteiger partial charge in [0, 0.05) is 24.7 Å². The summed E-state index contributed by atoms with van der Waals surface area (Å²) in [6.07, 6.45) is 3.32. The van der Waals surface area contributed by atoms with Crippen LogP contribution in [0.25, 0.3) is 28.0 Å². The zero-order valence-electron chi connectivity index (χ0n) is 18.2. The molecule has 1 aliphatic heterocycles. The van der Waals surface area contributed by atoms with Crippen LogP contribution < -0.4 is 4.74 Å². The van der Waals surface area contributed by atoms with E-state index in [1.807, 2.05) is 71.1 Å². The van der Waals surface area contributed by atoms with E-state index in [1.165, 1.54) is 6.42 Å². The number of piperidine rings is 1. The Balaban J connectivity index is 1.53. The van der Waals surface area contributed by atoms with Crippen molar-refractivity contribution < 1.29 is 9.53 Å². The first-order valence-electron chi connectivity index (χ1n) is 11.1. The van der Waals surface area contributed by atoms with Gasteiger partial charge in [0.1, 0.15) is 5.69 Å². The van der Waals surface area contributed by atoms with Gasteiger partial charge < -0.3 is 9.64 Å². The quantitative estimate of drug-likeness (QED) is 0.460. The number of pyridine rings is 1. The number of carbonyl (C=O) groups excluding carboxylic acids is 1. The van der Waals surface area contributed by atoms with Crippen LogP contribution in [0.4, 0.5) is 0 Å². The van der Waals surface area contributed by atoms with Crippen LogP contribution in [0.15, 0.2) is 66.7 Å². The summed E-state index contributed by atoms with van der Waals surface area (Å²) in [7, 11) is 0. The van der Waals surface area contributed by atoms with Crippen molar-refractivity contribution in [2.75, 3.05) is 19.7 Å². The standard InChI is InChI=1S/C26H26N4O2/c1-19-17-22(32-18-23(31)29-15-9-4-10-16-29)27-26-24(19)25(20-11-5-2-6-12-20)28-30(26)21-13-7-3-8-14-21/h2-3,5-8,11-14,17H,4,9-10,15-16,18H2,1H3. The number of likely N-dealkylation sites (tertiary alicyclic amines) is 1. The maximum absolute atomic E-state index is 12.6. The monoisotopic (exact) mass is 426 g/mol. The van der Waals surface area contributed by atoms with E-state index < -0.39 is 0 Å². The number of nitrogens with zero attached hydrogens (tertiary/aromatic N) is 4. The largest absolute Gasteiger partial charge is 0.467 e. The van der Waals surface area contributed by atoms with Gasteiger partial charge >= 0.3 is 0 Å². The summed E-state index contributed by atoms with van der Waals surface area (Å²) in [5.74, 6) is 0.461. The molecule has 2 aromatic heterocycles. The van der Waals surface area contributed by atoms with Crippen LogP contribution in [0.5, 0.6) is 5.88 Å². The Kier molecular flexibility index (Phi) is 5.58. The van der Waals surface area contributed by atoms with E-state index >= 15 is 0 Å². The van der Waals surface area contributed by atoms with Gasteiger partial charge in [-0.1, -0.05) is 48.5 Å². The Morgan fingerprint density at radius 3 is 2.38 bits per heavy atom.